The zero-order valence-electron chi connectivity index (χ0n) is 49.8. The lowest BCUT2D eigenvalue weighted by atomic mass is 9.99. The molecule has 1 aliphatic rings. The van der Waals surface area contributed by atoms with Gasteiger partial charge in [-0.25, -0.2) is 0 Å². The van der Waals surface area contributed by atoms with Crippen molar-refractivity contribution in [2.45, 2.75) is 346 Å². The maximum Gasteiger partial charge on any atom is 0.306 e. The summed E-state index contributed by atoms with van der Waals surface area (Å²) in [5.41, 5.74) is 0. The lowest BCUT2D eigenvalue weighted by Gasteiger charge is -2.41. The van der Waals surface area contributed by atoms with Crippen LogP contribution in [0, 0.1) is 0 Å². The smallest absolute Gasteiger partial charge is 0.306 e. The number of carbonyl (C=O) groups excluding carboxylic acids is 2. The predicted molar refractivity (Wildman–Crippen MR) is 320 cm³/mol. The topological polar surface area (TPSA) is 175 Å². The van der Waals surface area contributed by atoms with Crippen LogP contribution in [0.15, 0.2) is 48.6 Å². The van der Waals surface area contributed by atoms with Gasteiger partial charge in [0.05, 0.1) is 25.4 Å². The second-order valence-corrected chi connectivity index (χ2v) is 22.5. The Balaban J connectivity index is 2.60. The molecule has 0 spiro atoms. The molecule has 8 unspecified atom stereocenters. The van der Waals surface area contributed by atoms with Crippen molar-refractivity contribution >= 4 is 11.9 Å². The number of aliphatic hydroxyl groups excluding tert-OH is 5. The van der Waals surface area contributed by atoms with Crippen molar-refractivity contribution in [3.8, 4) is 0 Å². The number of rotatable bonds is 55. The van der Waals surface area contributed by atoms with Crippen LogP contribution in [0.3, 0.4) is 0 Å². The molecular formula is C66H121NO10. The lowest BCUT2D eigenvalue weighted by molar-refractivity contribution is -0.305. The number of hydrogen-bond acceptors (Lipinski definition) is 10. The predicted octanol–water partition coefficient (Wildman–Crippen LogP) is 15.6. The summed E-state index contributed by atoms with van der Waals surface area (Å²) in [4.78, 5) is 26.5. The van der Waals surface area contributed by atoms with Gasteiger partial charge in [0.1, 0.15) is 24.4 Å². The molecule has 0 aromatic heterocycles. The Morgan fingerprint density at radius 1 is 0.519 bits per heavy atom. The number of ether oxygens (including phenoxy) is 3. The molecule has 1 amide bonds. The summed E-state index contributed by atoms with van der Waals surface area (Å²) in [6.45, 7) is 5.69. The van der Waals surface area contributed by atoms with Crippen LogP contribution in [0.5, 0.6) is 0 Å². The molecule has 1 rings (SSSR count). The van der Waals surface area contributed by atoms with Gasteiger partial charge >= 0.3 is 5.97 Å². The van der Waals surface area contributed by atoms with Crippen LogP contribution in [0.2, 0.25) is 0 Å². The minimum atomic E-state index is -1.61. The molecule has 8 atom stereocenters. The van der Waals surface area contributed by atoms with Gasteiger partial charge in [-0.3, -0.25) is 9.59 Å². The molecular weight excluding hydrogens is 967 g/mol. The fraction of sp³-hybridized carbons (Fsp3) is 0.848. The molecule has 0 bridgehead atoms. The van der Waals surface area contributed by atoms with E-state index in [0.29, 0.717) is 12.8 Å². The molecule has 450 valence electrons. The minimum Gasteiger partial charge on any atom is -0.454 e. The van der Waals surface area contributed by atoms with E-state index in [0.717, 1.165) is 89.9 Å². The number of carbonyl (C=O) groups is 2. The summed E-state index contributed by atoms with van der Waals surface area (Å²) >= 11 is 0. The van der Waals surface area contributed by atoms with Gasteiger partial charge in [0, 0.05) is 6.42 Å². The van der Waals surface area contributed by atoms with E-state index in [1.165, 1.54) is 161 Å². The van der Waals surface area contributed by atoms with Crippen LogP contribution >= 0.6 is 0 Å². The van der Waals surface area contributed by atoms with Crippen molar-refractivity contribution < 1.29 is 49.3 Å². The molecule has 1 fully saturated rings. The van der Waals surface area contributed by atoms with Crippen molar-refractivity contribution in [1.82, 2.24) is 5.32 Å². The average molecular weight is 1090 g/mol. The van der Waals surface area contributed by atoms with Crippen molar-refractivity contribution in [2.75, 3.05) is 13.2 Å². The van der Waals surface area contributed by atoms with Gasteiger partial charge in [0.25, 0.3) is 0 Å². The number of amides is 1. The SMILES string of the molecule is CC/C=C/C/C=C/CCCCCCCCC(O)C(=O)NC(COC1OC(CO)C(O)C(O)C1OC(=O)CCCCCCCCCCCCCCC/C=C/CCCCCCCC)C(O)/C=C/CCCCCCCCCCCC. The van der Waals surface area contributed by atoms with E-state index in [9.17, 15) is 35.1 Å². The maximum atomic E-state index is 13.4. The fourth-order valence-electron chi connectivity index (χ4n) is 10.1. The number of esters is 1. The monoisotopic (exact) mass is 1090 g/mol. The largest absolute Gasteiger partial charge is 0.454 e. The van der Waals surface area contributed by atoms with Gasteiger partial charge in [-0.05, 0) is 77.0 Å². The van der Waals surface area contributed by atoms with Crippen LogP contribution in [0.4, 0.5) is 0 Å². The molecule has 0 aromatic rings. The van der Waals surface area contributed by atoms with E-state index < -0.39 is 67.4 Å². The minimum absolute atomic E-state index is 0.124. The van der Waals surface area contributed by atoms with E-state index in [4.69, 9.17) is 14.2 Å². The zero-order valence-corrected chi connectivity index (χ0v) is 49.8. The number of hydrogen-bond donors (Lipinski definition) is 6. The van der Waals surface area contributed by atoms with Gasteiger partial charge < -0.3 is 45.1 Å². The molecule has 0 saturated carbocycles. The first-order valence-corrected chi connectivity index (χ1v) is 32.4. The molecule has 11 nitrogen and oxygen atoms in total. The highest BCUT2D eigenvalue weighted by Crippen LogP contribution is 2.26. The van der Waals surface area contributed by atoms with Gasteiger partial charge in [-0.15, -0.1) is 0 Å². The van der Waals surface area contributed by atoms with E-state index in [-0.39, 0.29) is 19.4 Å². The first-order valence-electron chi connectivity index (χ1n) is 32.4. The third-order valence-electron chi connectivity index (χ3n) is 15.2. The first kappa shape index (κ1) is 72.6. The zero-order chi connectivity index (χ0) is 56.1. The summed E-state index contributed by atoms with van der Waals surface area (Å²) in [7, 11) is 0. The van der Waals surface area contributed by atoms with E-state index in [1.54, 1.807) is 6.08 Å². The Bertz CT molecular complexity index is 1440. The number of aliphatic hydroxyl groups is 5. The molecule has 11 heteroatoms. The molecule has 1 aliphatic heterocycles. The standard InChI is InChI=1S/C66H121NO10/c1-4-7-10-13-16-19-22-25-26-27-28-29-30-31-32-33-34-36-39-42-45-48-51-54-61(71)77-64-63(73)62(72)60(55-68)76-66(64)75-56-57(58(69)52-49-46-43-40-37-24-21-18-15-12-9-6-3)67-65(74)59(70)53-50-47-44-41-38-35-23-20-17-14-11-8-5-2/h8,11,17,20,25-26,49,52,57-60,62-64,66,68-70,72-73H,4-7,9-10,12-16,18-19,21-24,27-48,50-51,53-56H2,1-3H3,(H,67,74)/b11-8+,20-17+,26-25+,52-49+. The average Bonchev–Trinajstić information content (AvgIpc) is 3.43. The molecule has 0 aromatic carbocycles. The van der Waals surface area contributed by atoms with Gasteiger partial charge in [-0.1, -0.05) is 262 Å². The summed E-state index contributed by atoms with van der Waals surface area (Å²) in [6.07, 6.45) is 55.9. The highest BCUT2D eigenvalue weighted by Gasteiger charge is 2.47. The van der Waals surface area contributed by atoms with Gasteiger partial charge in [0.15, 0.2) is 12.4 Å². The second kappa shape index (κ2) is 54.2. The normalized spacial score (nSPS) is 19.3. The van der Waals surface area contributed by atoms with Gasteiger partial charge in [0.2, 0.25) is 5.91 Å². The van der Waals surface area contributed by atoms with Crippen LogP contribution in [-0.4, -0.2) is 99.6 Å². The van der Waals surface area contributed by atoms with Crippen molar-refractivity contribution in [3.05, 3.63) is 48.6 Å². The maximum absolute atomic E-state index is 13.4. The van der Waals surface area contributed by atoms with Gasteiger partial charge in [-0.2, -0.15) is 0 Å². The molecule has 0 aliphatic carbocycles. The van der Waals surface area contributed by atoms with Crippen LogP contribution < -0.4 is 5.32 Å². The quantitative estimate of drug-likeness (QED) is 0.0195. The Kier molecular flexibility index (Phi) is 51.1. The van der Waals surface area contributed by atoms with Crippen LogP contribution in [0.1, 0.15) is 297 Å². The molecule has 1 saturated heterocycles. The third-order valence-corrected chi connectivity index (χ3v) is 15.2. The number of allylic oxidation sites excluding steroid dienone is 7. The Hall–Kier alpha value is -2.38. The third kappa shape index (κ3) is 42.2. The van der Waals surface area contributed by atoms with Crippen LogP contribution in [-0.2, 0) is 23.8 Å². The van der Waals surface area contributed by atoms with Crippen molar-refractivity contribution in [1.29, 1.82) is 0 Å². The van der Waals surface area contributed by atoms with E-state index >= 15 is 0 Å². The second-order valence-electron chi connectivity index (χ2n) is 22.5. The lowest BCUT2D eigenvalue weighted by Crippen LogP contribution is -2.61. The summed E-state index contributed by atoms with van der Waals surface area (Å²) in [5.74, 6) is -1.20. The Morgan fingerprint density at radius 2 is 0.935 bits per heavy atom. The fourth-order valence-corrected chi connectivity index (χ4v) is 10.1. The van der Waals surface area contributed by atoms with Crippen molar-refractivity contribution in [2.24, 2.45) is 0 Å². The summed E-state index contributed by atoms with van der Waals surface area (Å²) < 4.78 is 17.6. The molecule has 1 heterocycles. The molecule has 0 radical (unpaired) electrons. The van der Waals surface area contributed by atoms with Crippen molar-refractivity contribution in [3.63, 3.8) is 0 Å². The number of nitrogens with one attached hydrogen (secondary N) is 1. The molecule has 77 heavy (non-hydrogen) atoms. The first-order chi connectivity index (χ1) is 37.7. The summed E-state index contributed by atoms with van der Waals surface area (Å²) in [5, 5.41) is 57.0. The van der Waals surface area contributed by atoms with E-state index in [2.05, 4.69) is 62.5 Å². The Labute approximate surface area is 472 Å². The van der Waals surface area contributed by atoms with E-state index in [1.807, 2.05) is 6.08 Å². The highest BCUT2D eigenvalue weighted by molar-refractivity contribution is 5.80. The Morgan fingerprint density at radius 3 is 1.40 bits per heavy atom. The number of unbranched alkanes of at least 4 members (excludes halogenated alkanes) is 35. The van der Waals surface area contributed by atoms with Crippen LogP contribution in [0.25, 0.3) is 0 Å². The summed E-state index contributed by atoms with van der Waals surface area (Å²) in [6, 6.07) is -1.03. The highest BCUT2D eigenvalue weighted by atomic mass is 16.7. The molecule has 6 N–H and O–H groups in total.